The normalized spacial score (nSPS) is 10.4. The molecule has 29 heavy (non-hydrogen) atoms. The van der Waals surface area contributed by atoms with Crippen molar-refractivity contribution in [3.8, 4) is 22.6 Å². The molecule has 9 heteroatoms. The molecule has 0 amide bonds. The number of nitrogens with zero attached hydrogens (tertiary/aromatic N) is 4. The molecule has 0 aliphatic heterocycles. The van der Waals surface area contributed by atoms with Crippen LogP contribution in [-0.4, -0.2) is 39.0 Å². The number of alkyl halides is 1. The van der Waals surface area contributed by atoms with Crippen molar-refractivity contribution in [2.45, 2.75) is 0 Å². The number of nitrogens with one attached hydrogen (secondary N) is 1. The first-order chi connectivity index (χ1) is 14.1. The van der Waals surface area contributed by atoms with Crippen molar-refractivity contribution in [2.24, 2.45) is 0 Å². The van der Waals surface area contributed by atoms with Crippen LogP contribution in [0, 0.1) is 11.6 Å². The number of aromatic nitrogens is 4. The molecule has 2 aromatic carbocycles. The lowest BCUT2D eigenvalue weighted by atomic mass is 10.0. The van der Waals surface area contributed by atoms with Crippen molar-refractivity contribution in [2.75, 3.05) is 19.2 Å². The summed E-state index contributed by atoms with van der Waals surface area (Å²) in [6.45, 7) is -1.25. The monoisotopic (exact) mass is 399 g/mol. The summed E-state index contributed by atoms with van der Waals surface area (Å²) < 4.78 is 37.1. The van der Waals surface area contributed by atoms with Gasteiger partial charge >= 0.3 is 0 Å². The van der Waals surface area contributed by atoms with Gasteiger partial charge in [0, 0.05) is 36.5 Å². The Morgan fingerprint density at radius 3 is 2.48 bits per heavy atom. The molecule has 0 radical (unpaired) electrons. The van der Waals surface area contributed by atoms with E-state index in [1.807, 2.05) is 0 Å². The number of hydrogen-bond acceptors (Lipinski definition) is 6. The Morgan fingerprint density at radius 1 is 1.03 bits per heavy atom. The van der Waals surface area contributed by atoms with E-state index < -0.39 is 18.5 Å². The van der Waals surface area contributed by atoms with Gasteiger partial charge in [0.25, 0.3) is 0 Å². The number of halogens is 3. The van der Waals surface area contributed by atoms with Crippen molar-refractivity contribution in [3.63, 3.8) is 0 Å². The molecule has 0 unspecified atom stereocenters. The smallest absolute Gasteiger partial charge is 0.185 e. The van der Waals surface area contributed by atoms with Crippen LogP contribution in [0.2, 0.25) is 0 Å². The highest BCUT2D eigenvalue weighted by atomic mass is 19.1. The van der Waals surface area contributed by atoms with E-state index in [2.05, 4.69) is 25.3 Å². The van der Waals surface area contributed by atoms with E-state index in [1.165, 1.54) is 12.1 Å². The zero-order valence-electron chi connectivity index (χ0n) is 15.3. The average molecular weight is 399 g/mol. The molecular weight excluding hydrogens is 383 g/mol. The summed E-state index contributed by atoms with van der Waals surface area (Å²) in [5, 5.41) is 10.7. The molecule has 4 rings (SSSR count). The van der Waals surface area contributed by atoms with Gasteiger partial charge in [-0.25, -0.2) is 28.1 Å². The van der Waals surface area contributed by atoms with Gasteiger partial charge in [-0.05, 0) is 29.8 Å². The molecule has 4 aromatic rings. The first-order valence-electron chi connectivity index (χ1n) is 8.45. The van der Waals surface area contributed by atoms with Crippen LogP contribution in [0.15, 0.2) is 55.0 Å². The van der Waals surface area contributed by atoms with E-state index in [9.17, 15) is 13.2 Å². The van der Waals surface area contributed by atoms with Crippen LogP contribution in [0.3, 0.4) is 0 Å². The molecule has 0 saturated heterocycles. The highest BCUT2D eigenvalue weighted by molar-refractivity contribution is 5.93. The van der Waals surface area contributed by atoms with Crippen LogP contribution in [0.25, 0.3) is 33.5 Å². The fourth-order valence-electron chi connectivity index (χ4n) is 2.74. The molecule has 2 heterocycles. The second-order valence-electron chi connectivity index (χ2n) is 5.71. The summed E-state index contributed by atoms with van der Waals surface area (Å²) in [6.07, 6.45) is 4.70. The van der Waals surface area contributed by atoms with Crippen LogP contribution < -0.4 is 5.32 Å². The van der Waals surface area contributed by atoms with Crippen LogP contribution in [-0.2, 0) is 0 Å². The van der Waals surface area contributed by atoms with Gasteiger partial charge in [-0.15, -0.1) is 0 Å². The van der Waals surface area contributed by atoms with Gasteiger partial charge < -0.3 is 10.4 Å². The van der Waals surface area contributed by atoms with Crippen molar-refractivity contribution in [1.82, 2.24) is 19.9 Å². The lowest BCUT2D eigenvalue weighted by molar-refractivity contribution is 0.168. The van der Waals surface area contributed by atoms with Crippen molar-refractivity contribution < 1.29 is 18.3 Å². The summed E-state index contributed by atoms with van der Waals surface area (Å²) in [4.78, 5) is 17.3. The number of aliphatic hydroxyl groups is 1. The van der Waals surface area contributed by atoms with E-state index >= 15 is 0 Å². The molecule has 2 aromatic heterocycles. The average Bonchev–Trinajstić information content (AvgIpc) is 2.73. The fourth-order valence-corrected chi connectivity index (χ4v) is 2.74. The van der Waals surface area contributed by atoms with Crippen LogP contribution in [0.1, 0.15) is 0 Å². The minimum atomic E-state index is -1.25. The first-order valence-corrected chi connectivity index (χ1v) is 8.45. The van der Waals surface area contributed by atoms with Crippen LogP contribution in [0.5, 0.6) is 0 Å². The maximum atomic E-state index is 14.1. The third-order valence-electron chi connectivity index (χ3n) is 3.97. The fraction of sp³-hybridized carbons (Fsp3) is 0.100. The Morgan fingerprint density at radius 2 is 1.83 bits per heavy atom. The largest absolute Gasteiger partial charge is 0.373 e. The van der Waals surface area contributed by atoms with E-state index in [0.29, 0.717) is 34.0 Å². The van der Waals surface area contributed by atoms with Gasteiger partial charge in [0.2, 0.25) is 0 Å². The maximum absolute atomic E-state index is 14.1. The number of benzene rings is 2. The molecule has 2 N–H and O–H groups in total. The van der Waals surface area contributed by atoms with Crippen LogP contribution in [0.4, 0.5) is 19.0 Å². The Balaban J connectivity index is 0.000000755. The van der Waals surface area contributed by atoms with E-state index in [1.54, 1.807) is 43.8 Å². The maximum Gasteiger partial charge on any atom is 0.185 e. The summed E-state index contributed by atoms with van der Waals surface area (Å²) in [7, 11) is 1.76. The summed E-state index contributed by atoms with van der Waals surface area (Å²) >= 11 is 0. The van der Waals surface area contributed by atoms with Gasteiger partial charge in [0.15, 0.2) is 12.7 Å². The Bertz CT molecular complexity index is 1130. The minimum absolute atomic E-state index is 0.305. The van der Waals surface area contributed by atoms with E-state index in [4.69, 9.17) is 5.11 Å². The Labute approximate surface area is 164 Å². The molecule has 0 fully saturated rings. The molecule has 6 nitrogen and oxygen atoms in total. The molecule has 0 spiro atoms. The van der Waals surface area contributed by atoms with Crippen molar-refractivity contribution in [3.05, 3.63) is 66.6 Å². The highest BCUT2D eigenvalue weighted by Crippen LogP contribution is 2.30. The zero-order valence-corrected chi connectivity index (χ0v) is 15.3. The predicted molar refractivity (Wildman–Crippen MR) is 104 cm³/mol. The molecule has 0 aliphatic carbocycles. The molecule has 148 valence electrons. The van der Waals surface area contributed by atoms with E-state index in [-0.39, 0.29) is 0 Å². The van der Waals surface area contributed by atoms with Gasteiger partial charge in [0.05, 0.1) is 11.7 Å². The van der Waals surface area contributed by atoms with Gasteiger partial charge in [-0.1, -0.05) is 6.07 Å². The molecular formula is C20H16F3N5O. The van der Waals surface area contributed by atoms with Crippen molar-refractivity contribution in [1.29, 1.82) is 0 Å². The number of aliphatic hydroxyl groups excluding tert-OH is 1. The standard InChI is InChI=1S/C19H13F2N5.CH3FO/c1-22-18-14-4-2-11(13-5-3-12(20)9-15(13)21)8-16(14)25-19(26-18)17-10-23-6-7-24-17;2-1-3/h2-10H,1H3,(H,22,25,26);3H,1H2. The third-order valence-corrected chi connectivity index (χ3v) is 3.97. The summed E-state index contributed by atoms with van der Waals surface area (Å²) in [5.41, 5.74) is 2.05. The SMILES string of the molecule is CNc1nc(-c2cnccn2)nc2cc(-c3ccc(F)cc3F)ccc12.OCF. The molecule has 0 saturated carbocycles. The number of fused-ring (bicyclic) bond motifs is 1. The molecule has 0 aliphatic rings. The summed E-state index contributed by atoms with van der Waals surface area (Å²) in [6, 6.07) is 8.81. The van der Waals surface area contributed by atoms with Gasteiger partial charge in [-0.2, -0.15) is 0 Å². The zero-order chi connectivity index (χ0) is 20.8. The number of anilines is 1. The van der Waals surface area contributed by atoms with E-state index in [0.717, 1.165) is 11.5 Å². The first kappa shape index (κ1) is 20.2. The second-order valence-corrected chi connectivity index (χ2v) is 5.71. The molecule has 0 atom stereocenters. The third kappa shape index (κ3) is 4.46. The Kier molecular flexibility index (Phi) is 6.30. The van der Waals surface area contributed by atoms with Crippen LogP contribution >= 0.6 is 0 Å². The topological polar surface area (TPSA) is 83.8 Å². The highest BCUT2D eigenvalue weighted by Gasteiger charge is 2.12. The predicted octanol–water partition coefficient (Wildman–Crippen LogP) is 3.98. The summed E-state index contributed by atoms with van der Waals surface area (Å²) in [5.74, 6) is -0.202. The van der Waals surface area contributed by atoms with Gasteiger partial charge in [0.1, 0.15) is 23.1 Å². The van der Waals surface area contributed by atoms with Crippen molar-refractivity contribution >= 4 is 16.7 Å². The quantitative estimate of drug-likeness (QED) is 0.542. The minimum Gasteiger partial charge on any atom is -0.373 e. The number of hydrogen-bond donors (Lipinski definition) is 2. The van der Waals surface area contributed by atoms with Gasteiger partial charge in [-0.3, -0.25) is 4.98 Å². The molecule has 0 bridgehead atoms. The number of rotatable bonds is 3. The lowest BCUT2D eigenvalue weighted by Crippen LogP contribution is -2.00. The Hall–Kier alpha value is -3.59. The lowest BCUT2D eigenvalue weighted by Gasteiger charge is -2.10. The second kappa shape index (κ2) is 9.07.